The van der Waals surface area contributed by atoms with Gasteiger partial charge in [-0.1, -0.05) is 36.4 Å². The molecule has 8 rings (SSSR count). The lowest BCUT2D eigenvalue weighted by Crippen LogP contribution is -2.52. The van der Waals surface area contributed by atoms with E-state index in [1.165, 1.54) is 0 Å². The van der Waals surface area contributed by atoms with Gasteiger partial charge in [0.15, 0.2) is 22.8 Å². The molecule has 2 aliphatic rings. The fourth-order valence-corrected chi connectivity index (χ4v) is 7.69. The number of hydrogen-bond acceptors (Lipinski definition) is 10. The minimum atomic E-state index is -0.308. The Morgan fingerprint density at radius 1 is 0.596 bits per heavy atom. The first-order valence-corrected chi connectivity index (χ1v) is 20.0. The number of ether oxygens (including phenoxy) is 6. The summed E-state index contributed by atoms with van der Waals surface area (Å²) in [5, 5.41) is 18.4. The second-order valence-corrected chi connectivity index (χ2v) is 15.2. The molecule has 0 aliphatic carbocycles. The van der Waals surface area contributed by atoms with E-state index >= 15 is 0 Å². The van der Waals surface area contributed by atoms with Gasteiger partial charge in [0.05, 0.1) is 79.5 Å². The van der Waals surface area contributed by atoms with Crippen LogP contribution in [0, 0.1) is 5.41 Å². The molecule has 0 bridgehead atoms. The second-order valence-electron chi connectivity index (χ2n) is 14.4. The molecule has 2 fully saturated rings. The minimum Gasteiger partial charge on any atom is -0.497 e. The number of fused-ring (bicyclic) bond motifs is 4. The molecule has 12 nitrogen and oxygen atoms in total. The lowest BCUT2D eigenvalue weighted by atomic mass is 9.90. The Hall–Kier alpha value is -4.96. The molecule has 57 heavy (non-hydrogen) atoms. The molecular formula is C43H46N6O6S2. The highest BCUT2D eigenvalue weighted by molar-refractivity contribution is 7.80. The van der Waals surface area contributed by atoms with E-state index in [1.807, 2.05) is 84.9 Å². The standard InChI is InChI=1S/C43H46N6O6S2/c1-50-27-15-17-35-31(21-27)39(29-9-3-5-11-33(29)46-35)48-41(56)44-19-7-13-37-52-23-43(24-53-37)25-54-38(55-26-43)14-8-20-45-42(57)49-40-30-10-4-6-12-34(30)47-36-18-16-28(51-2)22-32(36)40/h3-6,9-12,15-18,21-22,37-38H,7-8,13-14,19-20,23-26H2,1-2H3,(H2,44,46,48,56)(H2,45,47,49,57). The van der Waals surface area contributed by atoms with Gasteiger partial charge < -0.3 is 49.7 Å². The first-order valence-electron chi connectivity index (χ1n) is 19.2. The Balaban J connectivity index is 0.739. The Morgan fingerprint density at radius 3 is 1.42 bits per heavy atom. The summed E-state index contributed by atoms with van der Waals surface area (Å²) in [6.07, 6.45) is 2.53. The van der Waals surface area contributed by atoms with Crippen LogP contribution in [-0.2, 0) is 18.9 Å². The monoisotopic (exact) mass is 806 g/mol. The van der Waals surface area contributed by atoms with Crippen molar-refractivity contribution in [1.82, 2.24) is 20.6 Å². The summed E-state index contributed by atoms with van der Waals surface area (Å²) in [5.74, 6) is 1.51. The topological polar surface area (TPSA) is 129 Å². The lowest BCUT2D eigenvalue weighted by molar-refractivity contribution is -0.304. The number of hydrogen-bond donors (Lipinski definition) is 4. The summed E-state index contributed by atoms with van der Waals surface area (Å²) in [6.45, 7) is 3.43. The maximum absolute atomic E-state index is 6.15. The van der Waals surface area contributed by atoms with Gasteiger partial charge in [0.2, 0.25) is 0 Å². The van der Waals surface area contributed by atoms with Gasteiger partial charge in [-0.15, -0.1) is 0 Å². The summed E-state index contributed by atoms with van der Waals surface area (Å²) in [4.78, 5) is 9.63. The largest absolute Gasteiger partial charge is 0.497 e. The molecule has 4 aromatic carbocycles. The van der Waals surface area contributed by atoms with E-state index in [9.17, 15) is 0 Å². The molecule has 1 spiro atoms. The number of para-hydroxylation sites is 2. The van der Waals surface area contributed by atoms with Gasteiger partial charge in [0.1, 0.15) is 11.5 Å². The fraction of sp³-hybridized carbons (Fsp3) is 0.349. The van der Waals surface area contributed by atoms with E-state index in [0.29, 0.717) is 49.7 Å². The zero-order valence-electron chi connectivity index (χ0n) is 32.0. The number of rotatable bonds is 12. The summed E-state index contributed by atoms with van der Waals surface area (Å²) < 4.78 is 35.6. The number of nitrogens with zero attached hydrogens (tertiary/aromatic N) is 2. The number of anilines is 2. The van der Waals surface area contributed by atoms with Crippen molar-refractivity contribution in [2.45, 2.75) is 38.3 Å². The van der Waals surface area contributed by atoms with Crippen molar-refractivity contribution >= 4 is 89.6 Å². The molecule has 14 heteroatoms. The normalized spacial score (nSPS) is 19.5. The molecule has 2 aliphatic heterocycles. The quantitative estimate of drug-likeness (QED) is 0.0549. The van der Waals surface area contributed by atoms with Gasteiger partial charge in [0.25, 0.3) is 0 Å². The lowest BCUT2D eigenvalue weighted by Gasteiger charge is -2.43. The summed E-state index contributed by atoms with van der Waals surface area (Å²) in [7, 11) is 3.32. The molecule has 0 radical (unpaired) electrons. The van der Waals surface area contributed by atoms with Crippen molar-refractivity contribution < 1.29 is 28.4 Å². The summed E-state index contributed by atoms with van der Waals surface area (Å²) in [5.41, 5.74) is 5.00. The van der Waals surface area contributed by atoms with E-state index in [1.54, 1.807) is 14.2 Å². The molecule has 0 amide bonds. The van der Waals surface area contributed by atoms with E-state index < -0.39 is 0 Å². The van der Waals surface area contributed by atoms with Crippen molar-refractivity contribution in [1.29, 1.82) is 0 Å². The van der Waals surface area contributed by atoms with Crippen LogP contribution >= 0.6 is 24.4 Å². The van der Waals surface area contributed by atoms with Crippen molar-refractivity contribution in [3.63, 3.8) is 0 Å². The molecule has 0 atom stereocenters. The average Bonchev–Trinajstić information content (AvgIpc) is 3.25. The zero-order chi connectivity index (χ0) is 39.2. The third-order valence-corrected chi connectivity index (χ3v) is 10.9. The molecule has 4 N–H and O–H groups in total. The van der Waals surface area contributed by atoms with Gasteiger partial charge in [-0.25, -0.2) is 9.97 Å². The SMILES string of the molecule is COc1ccc2nc3ccccc3c(NC(=S)NCCCC3OCC4(CO3)COC(CCCNC(=S)Nc3c5ccccc5nc5ccc(OC)cc35)OC4)c2c1. The predicted octanol–water partition coefficient (Wildman–Crippen LogP) is 7.67. The average molecular weight is 807 g/mol. The Kier molecular flexibility index (Phi) is 12.1. The van der Waals surface area contributed by atoms with Gasteiger partial charge >= 0.3 is 0 Å². The second kappa shape index (κ2) is 17.7. The summed E-state index contributed by atoms with van der Waals surface area (Å²) in [6, 6.07) is 27.7. The van der Waals surface area contributed by atoms with Crippen molar-refractivity contribution in [3.05, 3.63) is 84.9 Å². The van der Waals surface area contributed by atoms with Crippen molar-refractivity contribution in [2.24, 2.45) is 5.41 Å². The van der Waals surface area contributed by atoms with Gasteiger partial charge in [0, 0.05) is 47.5 Å². The molecule has 2 aromatic heterocycles. The van der Waals surface area contributed by atoms with Crippen LogP contribution in [-0.4, -0.2) is 86.5 Å². The molecule has 296 valence electrons. The van der Waals surface area contributed by atoms with Crippen LogP contribution in [0.1, 0.15) is 25.7 Å². The van der Waals surface area contributed by atoms with Crippen LogP contribution in [0.5, 0.6) is 11.5 Å². The van der Waals surface area contributed by atoms with E-state index in [-0.39, 0.29) is 18.0 Å². The number of nitrogens with one attached hydrogen (secondary N) is 4. The Labute approximate surface area is 341 Å². The Morgan fingerprint density at radius 2 is 1.00 bits per heavy atom. The molecule has 2 saturated heterocycles. The smallest absolute Gasteiger partial charge is 0.170 e. The maximum Gasteiger partial charge on any atom is 0.170 e. The van der Waals surface area contributed by atoms with E-state index in [0.717, 1.165) is 92.2 Å². The van der Waals surface area contributed by atoms with Crippen molar-refractivity contribution in [2.75, 3.05) is 64.4 Å². The van der Waals surface area contributed by atoms with Crippen LogP contribution in [0.25, 0.3) is 43.6 Å². The predicted molar refractivity (Wildman–Crippen MR) is 232 cm³/mol. The zero-order valence-corrected chi connectivity index (χ0v) is 33.6. The first kappa shape index (κ1) is 38.9. The van der Waals surface area contributed by atoms with E-state index in [2.05, 4.69) is 21.3 Å². The number of aromatic nitrogens is 2. The van der Waals surface area contributed by atoms with Gasteiger partial charge in [-0.3, -0.25) is 0 Å². The van der Waals surface area contributed by atoms with Crippen molar-refractivity contribution in [3.8, 4) is 11.5 Å². The van der Waals surface area contributed by atoms with Crippen LogP contribution in [0.2, 0.25) is 0 Å². The number of benzene rings is 4. The van der Waals surface area contributed by atoms with Crippen LogP contribution < -0.4 is 30.7 Å². The minimum absolute atomic E-state index is 0.286. The maximum atomic E-state index is 6.15. The van der Waals surface area contributed by atoms with Gasteiger partial charge in [-0.2, -0.15) is 0 Å². The molecule has 0 saturated carbocycles. The molecule has 4 heterocycles. The van der Waals surface area contributed by atoms with Crippen LogP contribution in [0.15, 0.2) is 84.9 Å². The van der Waals surface area contributed by atoms with Crippen LogP contribution in [0.4, 0.5) is 11.4 Å². The highest BCUT2D eigenvalue weighted by Crippen LogP contribution is 2.35. The van der Waals surface area contributed by atoms with Crippen LogP contribution in [0.3, 0.4) is 0 Å². The molecule has 0 unspecified atom stereocenters. The first-order chi connectivity index (χ1) is 27.9. The number of methoxy groups -OCH3 is 2. The third-order valence-electron chi connectivity index (χ3n) is 10.4. The fourth-order valence-electron chi connectivity index (χ4n) is 7.28. The summed E-state index contributed by atoms with van der Waals surface area (Å²) >= 11 is 11.4. The molecule has 6 aromatic rings. The van der Waals surface area contributed by atoms with Gasteiger partial charge in [-0.05, 0) is 85.8 Å². The highest BCUT2D eigenvalue weighted by atomic mass is 32.1. The molecular weight excluding hydrogens is 761 g/mol. The third kappa shape index (κ3) is 8.96. The highest BCUT2D eigenvalue weighted by Gasteiger charge is 2.41. The number of thiocarbonyl (C=S) groups is 2. The number of pyridine rings is 2. The Bertz CT molecular complexity index is 2230. The van der Waals surface area contributed by atoms with E-state index in [4.69, 9.17) is 62.8 Å².